The number of rotatable bonds is 4. The zero-order valence-electron chi connectivity index (χ0n) is 14.6. The van der Waals surface area contributed by atoms with Crippen molar-refractivity contribution in [2.24, 2.45) is 0 Å². The summed E-state index contributed by atoms with van der Waals surface area (Å²) in [5.74, 6) is 0.911. The van der Waals surface area contributed by atoms with Gasteiger partial charge in [-0.05, 0) is 55.8 Å². The molecule has 3 heterocycles. The number of benzene rings is 1. The van der Waals surface area contributed by atoms with Gasteiger partial charge in [-0.2, -0.15) is 5.26 Å². The van der Waals surface area contributed by atoms with E-state index in [4.69, 9.17) is 4.42 Å². The van der Waals surface area contributed by atoms with Crippen LogP contribution in [0.25, 0.3) is 21.9 Å². The summed E-state index contributed by atoms with van der Waals surface area (Å²) in [6.07, 6.45) is 3.61. The number of fused-ring (bicyclic) bond motifs is 1. The maximum Gasteiger partial charge on any atom is 0.135 e. The first kappa shape index (κ1) is 16.4. The summed E-state index contributed by atoms with van der Waals surface area (Å²) in [7, 11) is 0. The highest BCUT2D eigenvalue weighted by Crippen LogP contribution is 2.29. The van der Waals surface area contributed by atoms with E-state index in [9.17, 15) is 5.26 Å². The third-order valence-corrected chi connectivity index (χ3v) is 5.52. The molecule has 3 aromatic heterocycles. The van der Waals surface area contributed by atoms with Gasteiger partial charge in [0.25, 0.3) is 0 Å². The molecule has 0 spiro atoms. The number of hydrogen-bond donors (Lipinski definition) is 0. The smallest absolute Gasteiger partial charge is 0.135 e. The molecule has 0 radical (unpaired) electrons. The van der Waals surface area contributed by atoms with E-state index in [0.29, 0.717) is 12.1 Å². The Morgan fingerprint density at radius 1 is 1.27 bits per heavy atom. The fraction of sp³-hybridized carbons (Fsp3) is 0.143. The average Bonchev–Trinajstić information content (AvgIpc) is 3.35. The number of nitrogens with zero attached hydrogens (tertiary/aromatic N) is 3. The van der Waals surface area contributed by atoms with Gasteiger partial charge < -0.3 is 8.98 Å². The van der Waals surface area contributed by atoms with Gasteiger partial charge >= 0.3 is 0 Å². The Labute approximate surface area is 155 Å². The summed E-state index contributed by atoms with van der Waals surface area (Å²) < 4.78 is 8.75. The highest BCUT2D eigenvalue weighted by molar-refractivity contribution is 7.19. The number of nitriles is 1. The standard InChI is InChI=1S/C21H17N3OS/c1-14-10-16(15(2)24(14)13-18-6-5-9-25-18)11-17(12-22)21-23-19-7-3-4-8-20(19)26-21/h3-11H,13H2,1-2H3/b17-11+. The Morgan fingerprint density at radius 3 is 2.85 bits per heavy atom. The lowest BCUT2D eigenvalue weighted by Gasteiger charge is -2.07. The number of hydrogen-bond acceptors (Lipinski definition) is 4. The monoisotopic (exact) mass is 359 g/mol. The zero-order chi connectivity index (χ0) is 18.1. The zero-order valence-corrected chi connectivity index (χ0v) is 15.4. The first-order chi connectivity index (χ1) is 12.7. The molecule has 0 fully saturated rings. The molecule has 0 saturated heterocycles. The van der Waals surface area contributed by atoms with Gasteiger partial charge in [0.15, 0.2) is 0 Å². The minimum absolute atomic E-state index is 0.587. The minimum Gasteiger partial charge on any atom is -0.467 e. The van der Waals surface area contributed by atoms with Crippen molar-refractivity contribution in [1.82, 2.24) is 9.55 Å². The lowest BCUT2D eigenvalue weighted by Crippen LogP contribution is -2.02. The topological polar surface area (TPSA) is 54.8 Å². The predicted octanol–water partition coefficient (Wildman–Crippen LogP) is 5.42. The molecule has 5 heteroatoms. The lowest BCUT2D eigenvalue weighted by atomic mass is 10.1. The molecule has 0 atom stereocenters. The number of para-hydroxylation sites is 1. The normalized spacial score (nSPS) is 11.8. The average molecular weight is 359 g/mol. The van der Waals surface area contributed by atoms with Crippen LogP contribution in [-0.2, 0) is 6.54 Å². The summed E-state index contributed by atoms with van der Waals surface area (Å²) in [4.78, 5) is 4.61. The number of aromatic nitrogens is 2. The first-order valence-electron chi connectivity index (χ1n) is 8.32. The van der Waals surface area contributed by atoms with E-state index in [-0.39, 0.29) is 0 Å². The van der Waals surface area contributed by atoms with E-state index in [1.807, 2.05) is 42.5 Å². The van der Waals surface area contributed by atoms with Crippen LogP contribution < -0.4 is 0 Å². The van der Waals surface area contributed by atoms with Gasteiger partial charge in [0.2, 0.25) is 0 Å². The van der Waals surface area contributed by atoms with Crippen molar-refractivity contribution >= 4 is 33.2 Å². The molecule has 0 unspecified atom stereocenters. The Balaban J connectivity index is 1.73. The molecule has 1 aromatic carbocycles. The summed E-state index contributed by atoms with van der Waals surface area (Å²) in [5.41, 5.74) is 4.78. The minimum atomic E-state index is 0.587. The van der Waals surface area contributed by atoms with Crippen molar-refractivity contribution in [2.45, 2.75) is 20.4 Å². The molecule has 4 nitrogen and oxygen atoms in total. The number of allylic oxidation sites excluding steroid dienone is 1. The van der Waals surface area contributed by atoms with Gasteiger partial charge in [-0.1, -0.05) is 12.1 Å². The van der Waals surface area contributed by atoms with Gasteiger partial charge in [0.05, 0.1) is 28.6 Å². The van der Waals surface area contributed by atoms with Gasteiger partial charge in [0, 0.05) is 11.4 Å². The van der Waals surface area contributed by atoms with Crippen molar-refractivity contribution in [1.29, 1.82) is 5.26 Å². The van der Waals surface area contributed by atoms with Crippen LogP contribution in [0.15, 0.2) is 53.1 Å². The van der Waals surface area contributed by atoms with E-state index in [2.05, 4.69) is 35.5 Å². The quantitative estimate of drug-likeness (QED) is 0.457. The molecule has 0 aliphatic carbocycles. The fourth-order valence-electron chi connectivity index (χ4n) is 3.06. The van der Waals surface area contributed by atoms with Gasteiger partial charge in [-0.15, -0.1) is 11.3 Å². The van der Waals surface area contributed by atoms with Crippen LogP contribution >= 0.6 is 11.3 Å². The van der Waals surface area contributed by atoms with Crippen molar-refractivity contribution in [3.8, 4) is 6.07 Å². The van der Waals surface area contributed by atoms with E-state index >= 15 is 0 Å². The largest absolute Gasteiger partial charge is 0.467 e. The Hall–Kier alpha value is -3.10. The summed E-state index contributed by atoms with van der Waals surface area (Å²) >= 11 is 1.55. The molecule has 0 aliphatic rings. The van der Waals surface area contributed by atoms with E-state index < -0.39 is 0 Å². The molecular weight excluding hydrogens is 342 g/mol. The number of aryl methyl sites for hydroxylation is 1. The molecule has 0 aliphatic heterocycles. The van der Waals surface area contributed by atoms with E-state index in [0.717, 1.165) is 37.9 Å². The summed E-state index contributed by atoms with van der Waals surface area (Å²) in [6, 6.07) is 16.2. The predicted molar refractivity (Wildman–Crippen MR) is 105 cm³/mol. The summed E-state index contributed by atoms with van der Waals surface area (Å²) in [6.45, 7) is 4.81. The lowest BCUT2D eigenvalue weighted by molar-refractivity contribution is 0.489. The van der Waals surface area contributed by atoms with Crippen molar-refractivity contribution in [3.63, 3.8) is 0 Å². The van der Waals surface area contributed by atoms with Crippen molar-refractivity contribution in [2.75, 3.05) is 0 Å². The first-order valence-corrected chi connectivity index (χ1v) is 9.14. The molecule has 0 saturated carbocycles. The number of thiazole rings is 1. The van der Waals surface area contributed by atoms with Crippen LogP contribution in [0, 0.1) is 25.2 Å². The van der Waals surface area contributed by atoms with Gasteiger partial charge in [-0.3, -0.25) is 0 Å². The Bertz CT molecular complexity index is 1110. The van der Waals surface area contributed by atoms with Crippen LogP contribution in [0.4, 0.5) is 0 Å². The molecule has 0 amide bonds. The summed E-state index contributed by atoms with van der Waals surface area (Å²) in [5, 5.41) is 10.4. The molecule has 4 rings (SSSR count). The molecule has 4 aromatic rings. The van der Waals surface area contributed by atoms with Crippen LogP contribution in [-0.4, -0.2) is 9.55 Å². The second-order valence-corrected chi connectivity index (χ2v) is 7.18. The van der Waals surface area contributed by atoms with Crippen LogP contribution in [0.1, 0.15) is 27.7 Å². The highest BCUT2D eigenvalue weighted by Gasteiger charge is 2.13. The molecule has 0 N–H and O–H groups in total. The Kier molecular flexibility index (Phi) is 4.19. The third kappa shape index (κ3) is 2.96. The van der Waals surface area contributed by atoms with Crippen molar-refractivity contribution < 1.29 is 4.42 Å². The maximum atomic E-state index is 9.67. The highest BCUT2D eigenvalue weighted by atomic mass is 32.1. The maximum absolute atomic E-state index is 9.67. The third-order valence-electron chi connectivity index (χ3n) is 4.45. The van der Waals surface area contributed by atoms with Crippen LogP contribution in [0.2, 0.25) is 0 Å². The second kappa shape index (κ2) is 6.66. The van der Waals surface area contributed by atoms with Gasteiger partial charge in [0.1, 0.15) is 16.8 Å². The second-order valence-electron chi connectivity index (χ2n) is 6.15. The van der Waals surface area contributed by atoms with Crippen molar-refractivity contribution in [3.05, 3.63) is 76.4 Å². The Morgan fingerprint density at radius 2 is 2.12 bits per heavy atom. The van der Waals surface area contributed by atoms with Crippen LogP contribution in [0.3, 0.4) is 0 Å². The molecule has 128 valence electrons. The molecular formula is C21H17N3OS. The van der Waals surface area contributed by atoms with E-state index in [1.165, 1.54) is 0 Å². The molecule has 0 bridgehead atoms. The van der Waals surface area contributed by atoms with E-state index in [1.54, 1.807) is 17.6 Å². The SMILES string of the molecule is Cc1cc(/C=C(\C#N)c2nc3ccccc3s2)c(C)n1Cc1ccco1. The molecule has 26 heavy (non-hydrogen) atoms. The fourth-order valence-corrected chi connectivity index (χ4v) is 3.99. The van der Waals surface area contributed by atoms with Gasteiger partial charge in [-0.25, -0.2) is 4.98 Å². The van der Waals surface area contributed by atoms with Crippen LogP contribution in [0.5, 0.6) is 0 Å². The number of furan rings is 1.